The minimum atomic E-state index is -1.53. The van der Waals surface area contributed by atoms with Crippen LogP contribution in [0.5, 0.6) is 0 Å². The van der Waals surface area contributed by atoms with E-state index in [1.165, 1.54) is 0 Å². The minimum absolute atomic E-state index is 0.251. The molecule has 0 unspecified atom stereocenters. The normalized spacial score (nSPS) is 15.1. The molecule has 1 heterocycles. The summed E-state index contributed by atoms with van der Waals surface area (Å²) in [6.45, 7) is 1.46. The van der Waals surface area contributed by atoms with Gasteiger partial charge in [-0.25, -0.2) is 0 Å². The van der Waals surface area contributed by atoms with Gasteiger partial charge in [-0.3, -0.25) is 0 Å². The smallest absolute Gasteiger partial charge is 0.220 e. The summed E-state index contributed by atoms with van der Waals surface area (Å²) in [5.74, 6) is -1.53. The van der Waals surface area contributed by atoms with Crippen LogP contribution in [0.4, 0.5) is 0 Å². The predicted octanol–water partition coefficient (Wildman–Crippen LogP) is 4.14. The summed E-state index contributed by atoms with van der Waals surface area (Å²) < 4.78 is 17.2. The van der Waals surface area contributed by atoms with E-state index in [-0.39, 0.29) is 12.9 Å². The van der Waals surface area contributed by atoms with Gasteiger partial charge in [-0.2, -0.15) is 0 Å². The molecule has 1 saturated heterocycles. The Kier molecular flexibility index (Phi) is 5.32. The maximum absolute atomic E-state index is 11.4. The largest absolute Gasteiger partial charge is 0.358 e. The van der Waals surface area contributed by atoms with Crippen molar-refractivity contribution in [3.8, 4) is 0 Å². The van der Waals surface area contributed by atoms with Crippen LogP contribution in [0.3, 0.4) is 0 Å². The topological polar surface area (TPSA) is 47.9 Å². The van der Waals surface area contributed by atoms with Gasteiger partial charge in [0.1, 0.15) is 0 Å². The Labute approximate surface area is 158 Å². The van der Waals surface area contributed by atoms with Gasteiger partial charge in [-0.05, 0) is 11.6 Å². The van der Waals surface area contributed by atoms with E-state index < -0.39 is 5.79 Å². The molecule has 4 heteroatoms. The molecule has 0 amide bonds. The Hall–Kier alpha value is -2.50. The van der Waals surface area contributed by atoms with Crippen LogP contribution >= 0.6 is 0 Å². The molecule has 1 fully saturated rings. The zero-order valence-corrected chi connectivity index (χ0v) is 15.0. The molecule has 1 aliphatic heterocycles. The summed E-state index contributed by atoms with van der Waals surface area (Å²) in [5, 5.41) is 11.4. The third-order valence-electron chi connectivity index (χ3n) is 4.62. The van der Waals surface area contributed by atoms with Crippen LogP contribution in [0.2, 0.25) is 0 Å². The van der Waals surface area contributed by atoms with Crippen LogP contribution in [-0.4, -0.2) is 18.3 Å². The molecule has 27 heavy (non-hydrogen) atoms. The molecule has 0 aromatic heterocycles. The molecule has 3 aromatic rings. The Morgan fingerprint density at radius 1 is 0.815 bits per heavy atom. The van der Waals surface area contributed by atoms with Gasteiger partial charge in [0.25, 0.3) is 0 Å². The molecule has 0 spiro atoms. The highest BCUT2D eigenvalue weighted by Gasteiger charge is 2.32. The first-order valence-corrected chi connectivity index (χ1v) is 9.05. The van der Waals surface area contributed by atoms with Crippen LogP contribution in [0, 0.1) is 0 Å². The van der Waals surface area contributed by atoms with Crippen molar-refractivity contribution >= 4 is 0 Å². The van der Waals surface area contributed by atoms with E-state index in [1.54, 1.807) is 0 Å². The van der Waals surface area contributed by atoms with E-state index >= 15 is 0 Å². The molecule has 3 aromatic carbocycles. The standard InChI is InChI=1S/C23H22O4/c24-23(20-10-3-1-4-11-20,21-12-5-2-6-13-21)27-17-18-8-7-9-19(16-18)22-25-14-15-26-22/h1-13,16,22,24H,14-15,17H2. The Balaban J connectivity index is 1.59. The first-order valence-electron chi connectivity index (χ1n) is 9.05. The average Bonchev–Trinajstić information content (AvgIpc) is 3.29. The Morgan fingerprint density at radius 3 is 2.00 bits per heavy atom. The minimum Gasteiger partial charge on any atom is -0.358 e. The third-order valence-corrected chi connectivity index (χ3v) is 4.62. The van der Waals surface area contributed by atoms with Crippen molar-refractivity contribution in [2.24, 2.45) is 0 Å². The molecule has 0 aliphatic carbocycles. The lowest BCUT2D eigenvalue weighted by molar-refractivity contribution is -0.188. The van der Waals surface area contributed by atoms with E-state index in [0.29, 0.717) is 24.3 Å². The monoisotopic (exact) mass is 362 g/mol. The van der Waals surface area contributed by atoms with E-state index in [2.05, 4.69) is 0 Å². The van der Waals surface area contributed by atoms with E-state index in [1.807, 2.05) is 84.9 Å². The Bertz CT molecular complexity index is 818. The van der Waals surface area contributed by atoms with Crippen molar-refractivity contribution in [1.29, 1.82) is 0 Å². The number of ether oxygens (including phenoxy) is 3. The summed E-state index contributed by atoms with van der Waals surface area (Å²) in [6.07, 6.45) is -0.327. The van der Waals surface area contributed by atoms with Crippen molar-refractivity contribution < 1.29 is 19.3 Å². The number of aliphatic hydroxyl groups is 1. The van der Waals surface area contributed by atoms with E-state index in [9.17, 15) is 5.11 Å². The summed E-state index contributed by atoms with van der Waals surface area (Å²) in [6, 6.07) is 26.7. The summed E-state index contributed by atoms with van der Waals surface area (Å²) in [7, 11) is 0. The van der Waals surface area contributed by atoms with Crippen LogP contribution in [0.1, 0.15) is 28.5 Å². The highest BCUT2D eigenvalue weighted by Crippen LogP contribution is 2.32. The van der Waals surface area contributed by atoms with Gasteiger partial charge in [0.05, 0.1) is 19.8 Å². The molecular formula is C23H22O4. The van der Waals surface area contributed by atoms with Gasteiger partial charge >= 0.3 is 0 Å². The second-order valence-corrected chi connectivity index (χ2v) is 6.48. The number of rotatable bonds is 6. The van der Waals surface area contributed by atoms with Crippen molar-refractivity contribution in [1.82, 2.24) is 0 Å². The quantitative estimate of drug-likeness (QED) is 0.670. The fraction of sp³-hybridized carbons (Fsp3) is 0.217. The van der Waals surface area contributed by atoms with Gasteiger partial charge in [0, 0.05) is 16.7 Å². The van der Waals surface area contributed by atoms with Crippen LogP contribution < -0.4 is 0 Å². The molecule has 4 nitrogen and oxygen atoms in total. The summed E-state index contributed by atoms with van der Waals surface area (Å²) in [5.41, 5.74) is 3.28. The van der Waals surface area contributed by atoms with Crippen LogP contribution in [-0.2, 0) is 26.6 Å². The second kappa shape index (κ2) is 8.03. The van der Waals surface area contributed by atoms with Crippen molar-refractivity contribution in [2.45, 2.75) is 18.7 Å². The molecule has 4 rings (SSSR count). The molecule has 0 radical (unpaired) electrons. The van der Waals surface area contributed by atoms with Gasteiger partial charge in [-0.15, -0.1) is 0 Å². The lowest BCUT2D eigenvalue weighted by Gasteiger charge is -2.29. The Morgan fingerprint density at radius 2 is 1.41 bits per heavy atom. The summed E-state index contributed by atoms with van der Waals surface area (Å²) in [4.78, 5) is 0. The van der Waals surface area contributed by atoms with Gasteiger partial charge in [-0.1, -0.05) is 78.9 Å². The summed E-state index contributed by atoms with van der Waals surface area (Å²) >= 11 is 0. The molecule has 0 atom stereocenters. The molecule has 1 aliphatic rings. The highest BCUT2D eigenvalue weighted by molar-refractivity contribution is 5.33. The first-order chi connectivity index (χ1) is 13.3. The lowest BCUT2D eigenvalue weighted by Crippen LogP contribution is -2.30. The zero-order valence-electron chi connectivity index (χ0n) is 15.0. The SMILES string of the molecule is OC(OCc1cccc(C2OCCO2)c1)(c1ccccc1)c1ccccc1. The molecular weight excluding hydrogens is 340 g/mol. The highest BCUT2D eigenvalue weighted by atomic mass is 16.7. The van der Waals surface area contributed by atoms with Crippen molar-refractivity contribution in [3.63, 3.8) is 0 Å². The molecule has 138 valence electrons. The maximum atomic E-state index is 11.4. The number of hydrogen-bond donors (Lipinski definition) is 1. The fourth-order valence-corrected chi connectivity index (χ4v) is 3.23. The number of hydrogen-bond acceptors (Lipinski definition) is 4. The lowest BCUT2D eigenvalue weighted by atomic mass is 9.97. The zero-order chi connectivity index (χ0) is 18.5. The second-order valence-electron chi connectivity index (χ2n) is 6.48. The molecule has 0 saturated carbocycles. The van der Waals surface area contributed by atoms with Crippen molar-refractivity contribution in [3.05, 3.63) is 107 Å². The van der Waals surface area contributed by atoms with Gasteiger partial charge in [0.15, 0.2) is 6.29 Å². The average molecular weight is 362 g/mol. The third kappa shape index (κ3) is 3.94. The van der Waals surface area contributed by atoms with Gasteiger partial charge in [0.2, 0.25) is 5.79 Å². The molecule has 1 N–H and O–H groups in total. The number of benzene rings is 3. The maximum Gasteiger partial charge on any atom is 0.220 e. The predicted molar refractivity (Wildman–Crippen MR) is 102 cm³/mol. The van der Waals surface area contributed by atoms with E-state index in [4.69, 9.17) is 14.2 Å². The molecule has 0 bridgehead atoms. The van der Waals surface area contributed by atoms with Crippen LogP contribution in [0.15, 0.2) is 84.9 Å². The fourth-order valence-electron chi connectivity index (χ4n) is 3.23. The van der Waals surface area contributed by atoms with E-state index in [0.717, 1.165) is 11.1 Å². The first kappa shape index (κ1) is 17.9. The van der Waals surface area contributed by atoms with Crippen LogP contribution in [0.25, 0.3) is 0 Å². The van der Waals surface area contributed by atoms with Gasteiger partial charge < -0.3 is 19.3 Å². The van der Waals surface area contributed by atoms with Crippen molar-refractivity contribution in [2.75, 3.05) is 13.2 Å².